The van der Waals surface area contributed by atoms with Crippen LogP contribution in [0.1, 0.15) is 66.5 Å². The van der Waals surface area contributed by atoms with E-state index in [1.807, 2.05) is 41.5 Å². The number of hydrogen-bond acceptors (Lipinski definition) is 9. The number of hydrogen-bond donors (Lipinski definition) is 5. The molecule has 0 radical (unpaired) electrons. The molecular weight excluding hydrogens is 536 g/mol. The number of aliphatic hydroxyl groups is 1. The van der Waals surface area contributed by atoms with Crippen molar-refractivity contribution in [1.82, 2.24) is 14.9 Å². The van der Waals surface area contributed by atoms with Gasteiger partial charge in [-0.2, -0.15) is 0 Å². The molecule has 0 aromatic carbocycles. The molecular formula is C31H52N6O5. The van der Waals surface area contributed by atoms with Gasteiger partial charge < -0.3 is 36.9 Å². The van der Waals surface area contributed by atoms with Gasteiger partial charge >= 0.3 is 0 Å². The molecule has 1 unspecified atom stereocenters. The number of nitrogens with zero attached hydrogens (tertiary/aromatic N) is 2. The zero-order valence-electron chi connectivity index (χ0n) is 26.3. The van der Waals surface area contributed by atoms with Gasteiger partial charge in [-0.1, -0.05) is 48.0 Å². The van der Waals surface area contributed by atoms with Crippen LogP contribution in [0.5, 0.6) is 0 Å². The number of likely N-dealkylation sites (N-methyl/N-ethyl adjacent to an activating group) is 1. The van der Waals surface area contributed by atoms with Crippen LogP contribution in [0.3, 0.4) is 0 Å². The number of nitrogens with two attached hydrogens (primary N) is 3. The van der Waals surface area contributed by atoms with Crippen LogP contribution in [0.2, 0.25) is 0 Å². The van der Waals surface area contributed by atoms with Crippen molar-refractivity contribution in [2.75, 3.05) is 20.2 Å². The molecule has 8 N–H and O–H groups in total. The Morgan fingerprint density at radius 2 is 1.76 bits per heavy atom. The summed E-state index contributed by atoms with van der Waals surface area (Å²) in [6.07, 6.45) is 5.52. The quantitative estimate of drug-likeness (QED) is 0.181. The van der Waals surface area contributed by atoms with Crippen LogP contribution in [0.4, 0.5) is 0 Å². The lowest BCUT2D eigenvalue weighted by molar-refractivity contribution is -0.132. The number of aromatic amines is 1. The summed E-state index contributed by atoms with van der Waals surface area (Å²) < 4.78 is 5.95. The molecule has 1 aromatic heterocycles. The molecule has 0 saturated heterocycles. The Balaban J connectivity index is 2.43. The Kier molecular flexibility index (Phi) is 13.6. The van der Waals surface area contributed by atoms with Gasteiger partial charge in [0.2, 0.25) is 5.91 Å². The van der Waals surface area contributed by atoms with Crippen molar-refractivity contribution in [1.29, 1.82) is 0 Å². The highest BCUT2D eigenvalue weighted by molar-refractivity contribution is 6.11. The SMILES string of the molecule is CC[C@H](C)[C@H](N)C(=O)N(C)CC1=CC(C(=O)[C@@H](N)Cc2c[nH]cn2)=C(C(=O)C(C[C@H](O)[C@@H](N)CC(C)C)C(C)C)CO1. The molecule has 1 aliphatic heterocycles. The van der Waals surface area contributed by atoms with Gasteiger partial charge in [-0.25, -0.2) is 4.98 Å². The number of rotatable bonds is 17. The molecule has 11 nitrogen and oxygen atoms in total. The van der Waals surface area contributed by atoms with E-state index in [9.17, 15) is 19.5 Å². The third-order valence-corrected chi connectivity index (χ3v) is 8.10. The molecule has 1 amide bonds. The molecule has 0 spiro atoms. The molecule has 2 heterocycles. The highest BCUT2D eigenvalue weighted by Crippen LogP contribution is 2.29. The van der Waals surface area contributed by atoms with Crippen LogP contribution in [0, 0.1) is 23.7 Å². The molecule has 0 fully saturated rings. The van der Waals surface area contributed by atoms with Crippen LogP contribution >= 0.6 is 0 Å². The second kappa shape index (κ2) is 16.1. The topological polar surface area (TPSA) is 191 Å². The number of Topliss-reactive ketones (excluding diaryl/α,β-unsaturated/α-hetero) is 2. The van der Waals surface area contributed by atoms with Gasteiger partial charge in [-0.3, -0.25) is 14.4 Å². The Morgan fingerprint density at radius 3 is 2.31 bits per heavy atom. The van der Waals surface area contributed by atoms with Gasteiger partial charge in [0.1, 0.15) is 12.4 Å². The van der Waals surface area contributed by atoms with Crippen LogP contribution in [-0.2, 0) is 25.5 Å². The van der Waals surface area contributed by atoms with Crippen molar-refractivity contribution in [3.8, 4) is 0 Å². The van der Waals surface area contributed by atoms with Crippen molar-refractivity contribution >= 4 is 17.5 Å². The zero-order chi connectivity index (χ0) is 31.7. The highest BCUT2D eigenvalue weighted by atomic mass is 16.5. The number of nitrogens with one attached hydrogen (secondary N) is 1. The molecule has 6 atom stereocenters. The number of amides is 1. The van der Waals surface area contributed by atoms with E-state index in [0.717, 1.165) is 6.42 Å². The van der Waals surface area contributed by atoms with Gasteiger partial charge in [0, 0.05) is 42.8 Å². The number of aliphatic hydroxyl groups excluding tert-OH is 1. The summed E-state index contributed by atoms with van der Waals surface area (Å²) in [6.45, 7) is 11.7. The number of imidazole rings is 1. The Morgan fingerprint density at radius 1 is 1.10 bits per heavy atom. The molecule has 2 rings (SSSR count). The third kappa shape index (κ3) is 9.58. The van der Waals surface area contributed by atoms with E-state index in [-0.39, 0.29) is 60.7 Å². The second-order valence-corrected chi connectivity index (χ2v) is 12.4. The molecule has 1 aromatic rings. The zero-order valence-corrected chi connectivity index (χ0v) is 26.3. The van der Waals surface area contributed by atoms with E-state index >= 15 is 0 Å². The number of ether oxygens (including phenoxy) is 1. The Bertz CT molecular complexity index is 1110. The summed E-state index contributed by atoms with van der Waals surface area (Å²) in [4.78, 5) is 49.1. The van der Waals surface area contributed by atoms with Gasteiger partial charge in [0.15, 0.2) is 11.6 Å². The van der Waals surface area contributed by atoms with Crippen LogP contribution in [0.25, 0.3) is 0 Å². The maximum Gasteiger partial charge on any atom is 0.239 e. The Hall–Kier alpha value is -2.86. The smallest absolute Gasteiger partial charge is 0.239 e. The molecule has 0 saturated carbocycles. The molecule has 1 aliphatic rings. The van der Waals surface area contributed by atoms with Crippen molar-refractivity contribution in [2.24, 2.45) is 40.9 Å². The number of carbonyl (C=O) groups excluding carboxylic acids is 3. The number of ketones is 2. The molecule has 0 bridgehead atoms. The summed E-state index contributed by atoms with van der Waals surface area (Å²) in [5, 5.41) is 10.9. The van der Waals surface area contributed by atoms with Gasteiger partial charge in [0.05, 0.1) is 36.8 Å². The summed E-state index contributed by atoms with van der Waals surface area (Å²) in [5.41, 5.74) is 19.7. The molecule has 11 heteroatoms. The predicted octanol–water partition coefficient (Wildman–Crippen LogP) is 1.86. The maximum absolute atomic E-state index is 14.0. The summed E-state index contributed by atoms with van der Waals surface area (Å²) in [5.74, 6) is -1.01. The molecule has 236 valence electrons. The summed E-state index contributed by atoms with van der Waals surface area (Å²) in [6, 6.07) is -2.09. The predicted molar refractivity (Wildman–Crippen MR) is 163 cm³/mol. The summed E-state index contributed by atoms with van der Waals surface area (Å²) >= 11 is 0. The highest BCUT2D eigenvalue weighted by Gasteiger charge is 2.35. The average molecular weight is 589 g/mol. The fourth-order valence-electron chi connectivity index (χ4n) is 5.07. The first kappa shape index (κ1) is 35.3. The van der Waals surface area contributed by atoms with E-state index in [1.165, 1.54) is 17.3 Å². The first-order valence-corrected chi connectivity index (χ1v) is 15.0. The fraction of sp³-hybridized carbons (Fsp3) is 0.677. The maximum atomic E-state index is 14.0. The lowest BCUT2D eigenvalue weighted by atomic mass is 9.79. The van der Waals surface area contributed by atoms with Crippen molar-refractivity contribution in [3.63, 3.8) is 0 Å². The fourth-order valence-corrected chi connectivity index (χ4v) is 5.07. The van der Waals surface area contributed by atoms with Gasteiger partial charge in [-0.15, -0.1) is 0 Å². The lowest BCUT2D eigenvalue weighted by Gasteiger charge is -2.30. The second-order valence-electron chi connectivity index (χ2n) is 12.4. The summed E-state index contributed by atoms with van der Waals surface area (Å²) in [7, 11) is 1.63. The Labute approximate surface area is 250 Å². The number of carbonyl (C=O) groups is 3. The number of H-pyrrole nitrogens is 1. The van der Waals surface area contributed by atoms with Crippen LogP contribution in [0.15, 0.2) is 35.5 Å². The minimum Gasteiger partial charge on any atom is -0.491 e. The monoisotopic (exact) mass is 588 g/mol. The minimum atomic E-state index is -0.956. The van der Waals surface area contributed by atoms with E-state index < -0.39 is 35.9 Å². The average Bonchev–Trinajstić information content (AvgIpc) is 3.46. The van der Waals surface area contributed by atoms with Crippen LogP contribution < -0.4 is 17.2 Å². The van der Waals surface area contributed by atoms with Crippen molar-refractivity contribution in [3.05, 3.63) is 41.2 Å². The standard InChI is InChI=1S/C31H52N6O5/c1-8-19(6)28(34)31(41)37(7)14-21-11-23(30(40)26(33)10-20-13-35-16-36-20)24(15-42-21)29(39)22(18(4)5)12-27(38)25(32)9-17(2)3/h11,13,16-19,22,25-28,38H,8-10,12,14-15,32-34H2,1-7H3,(H,35,36)/t19-,22?,25-,26-,27-,28-/m0/s1. The first-order valence-electron chi connectivity index (χ1n) is 15.0. The third-order valence-electron chi connectivity index (χ3n) is 8.10. The normalized spacial score (nSPS) is 18.2. The lowest BCUT2D eigenvalue weighted by Crippen LogP contribution is -2.46. The number of aromatic nitrogens is 2. The van der Waals surface area contributed by atoms with E-state index in [0.29, 0.717) is 23.8 Å². The van der Waals surface area contributed by atoms with Gasteiger partial charge in [0.25, 0.3) is 0 Å². The van der Waals surface area contributed by atoms with E-state index in [2.05, 4.69) is 9.97 Å². The number of allylic oxidation sites excluding steroid dienone is 1. The van der Waals surface area contributed by atoms with Crippen molar-refractivity contribution in [2.45, 2.75) is 91.5 Å². The van der Waals surface area contributed by atoms with Gasteiger partial charge in [-0.05, 0) is 36.7 Å². The van der Waals surface area contributed by atoms with Crippen LogP contribution in [-0.4, -0.2) is 81.9 Å². The molecule has 42 heavy (non-hydrogen) atoms. The minimum absolute atomic E-state index is 0.000485. The largest absolute Gasteiger partial charge is 0.491 e. The van der Waals surface area contributed by atoms with E-state index in [1.54, 1.807) is 13.2 Å². The van der Waals surface area contributed by atoms with E-state index in [4.69, 9.17) is 21.9 Å². The van der Waals surface area contributed by atoms with Crippen molar-refractivity contribution < 1.29 is 24.2 Å². The first-order chi connectivity index (χ1) is 19.7. The molecule has 0 aliphatic carbocycles.